The van der Waals surface area contributed by atoms with Crippen molar-refractivity contribution in [3.05, 3.63) is 94.1 Å². The zero-order chi connectivity index (χ0) is 34.3. The van der Waals surface area contributed by atoms with E-state index in [4.69, 9.17) is 9.26 Å². The first-order valence-corrected chi connectivity index (χ1v) is 16.2. The van der Waals surface area contributed by atoms with Crippen molar-refractivity contribution in [2.24, 2.45) is 5.92 Å². The number of nitrogens with one attached hydrogen (secondary N) is 1. The molecule has 0 bridgehead atoms. The lowest BCUT2D eigenvalue weighted by Gasteiger charge is -2.34. The van der Waals surface area contributed by atoms with Gasteiger partial charge in [0.05, 0.1) is 6.61 Å². The van der Waals surface area contributed by atoms with E-state index in [0.717, 1.165) is 12.1 Å². The summed E-state index contributed by atoms with van der Waals surface area (Å²) in [7, 11) is -4.70. The van der Waals surface area contributed by atoms with E-state index in [9.17, 15) is 44.9 Å². The molecule has 1 saturated carbocycles. The molecule has 17 heteroatoms. The highest BCUT2D eigenvalue weighted by atomic mass is 32.1. The first-order valence-electron chi connectivity index (χ1n) is 13.7. The smallest absolute Gasteiger partial charge is 0.355 e. The number of para-hydroxylation sites is 1. The van der Waals surface area contributed by atoms with Gasteiger partial charge < -0.3 is 14.0 Å². The lowest BCUT2D eigenvalue weighted by atomic mass is 9.82. The van der Waals surface area contributed by atoms with Crippen LogP contribution in [0.3, 0.4) is 0 Å². The van der Waals surface area contributed by atoms with E-state index in [2.05, 4.69) is 9.82 Å². The largest absolute Gasteiger partial charge is 0.464 e. The number of hydrogen-bond acceptors (Lipinski definition) is 7. The van der Waals surface area contributed by atoms with Gasteiger partial charge in [0.25, 0.3) is 0 Å². The van der Waals surface area contributed by atoms with Gasteiger partial charge in [0.1, 0.15) is 16.7 Å². The lowest BCUT2D eigenvalue weighted by molar-refractivity contribution is -0.158. The number of rotatable bonds is 11. The molecule has 1 aromatic heterocycles. The highest BCUT2D eigenvalue weighted by molar-refractivity contribution is 7.57. The third-order valence-corrected chi connectivity index (χ3v) is 10.2. The predicted octanol–water partition coefficient (Wildman–Crippen LogP) is 8.62. The number of halogens is 8. The molecule has 3 aromatic carbocycles. The molecule has 47 heavy (non-hydrogen) atoms. The highest BCUT2D eigenvalue weighted by Crippen LogP contribution is 2.58. The van der Waals surface area contributed by atoms with Crippen molar-refractivity contribution >= 4 is 40.9 Å². The Hall–Kier alpha value is -4.01. The maximum Gasteiger partial charge on any atom is 0.355 e. The minimum Gasteiger partial charge on any atom is -0.464 e. The molecule has 0 spiro atoms. The number of thiophene rings is 1. The van der Waals surface area contributed by atoms with Gasteiger partial charge in [0, 0.05) is 23.5 Å². The van der Waals surface area contributed by atoms with Crippen LogP contribution in [0.1, 0.15) is 40.9 Å². The third kappa shape index (κ3) is 7.29. The molecule has 0 amide bonds. The summed E-state index contributed by atoms with van der Waals surface area (Å²) >= 11 is 0.680. The number of ether oxygens (including phenoxy) is 2. The van der Waals surface area contributed by atoms with Crippen LogP contribution in [0.4, 0.5) is 35.1 Å². The van der Waals surface area contributed by atoms with Crippen LogP contribution in [0.5, 0.6) is 11.5 Å². The van der Waals surface area contributed by atoms with Crippen LogP contribution in [-0.2, 0) is 14.1 Å². The minimum atomic E-state index is -4.70. The van der Waals surface area contributed by atoms with E-state index in [0.29, 0.717) is 11.3 Å². The van der Waals surface area contributed by atoms with Crippen molar-refractivity contribution in [1.29, 1.82) is 0 Å². The molecule has 4 aromatic rings. The van der Waals surface area contributed by atoms with Crippen LogP contribution >= 0.6 is 18.9 Å². The molecule has 5 rings (SSSR count). The lowest BCUT2D eigenvalue weighted by Crippen LogP contribution is -2.40. The zero-order valence-electron chi connectivity index (χ0n) is 23.9. The molecule has 0 radical (unpaired) electrons. The summed E-state index contributed by atoms with van der Waals surface area (Å²) in [4.78, 5) is 24.8. The van der Waals surface area contributed by atoms with E-state index >= 15 is 4.39 Å². The molecule has 1 aliphatic carbocycles. The second kappa shape index (κ2) is 13.2. The maximum atomic E-state index is 16.2. The van der Waals surface area contributed by atoms with Crippen molar-refractivity contribution in [2.75, 3.05) is 6.61 Å². The molecule has 250 valence electrons. The summed E-state index contributed by atoms with van der Waals surface area (Å²) in [6, 6.07) is 10.7. The minimum absolute atomic E-state index is 0.0296. The SMILES string of the molecule is C[C@H](NP(=O)(Oc1ccccc1)[C@@H](F)c1ccc2sc(C(=O)Oc3c(F)c(F)c(F)c(F)c3F)cc2c1)C(=O)OCC1CC(F)(F)C1. The van der Waals surface area contributed by atoms with Crippen molar-refractivity contribution in [2.45, 2.75) is 37.6 Å². The van der Waals surface area contributed by atoms with Crippen LogP contribution in [0.15, 0.2) is 54.6 Å². The summed E-state index contributed by atoms with van der Waals surface area (Å²) in [6.45, 7) is 0.906. The molecule has 0 saturated heterocycles. The second-order valence-corrected chi connectivity index (χ2v) is 13.8. The predicted molar refractivity (Wildman–Crippen MR) is 153 cm³/mol. The number of alkyl halides is 3. The fraction of sp³-hybridized carbons (Fsp3) is 0.267. The van der Waals surface area contributed by atoms with E-state index < -0.39 is 90.9 Å². The fourth-order valence-corrected chi connectivity index (χ4v) is 7.48. The van der Waals surface area contributed by atoms with Crippen molar-refractivity contribution in [1.82, 2.24) is 5.09 Å². The van der Waals surface area contributed by atoms with Crippen LogP contribution < -0.4 is 14.3 Å². The molecule has 0 aliphatic heterocycles. The van der Waals surface area contributed by atoms with Gasteiger partial charge in [-0.05, 0) is 48.2 Å². The fourth-order valence-electron chi connectivity index (χ4n) is 4.65. The Bertz CT molecular complexity index is 1850. The van der Waals surface area contributed by atoms with Gasteiger partial charge in [0.15, 0.2) is 0 Å². The van der Waals surface area contributed by atoms with E-state index in [1.807, 2.05) is 0 Å². The molecule has 1 fully saturated rings. The Labute approximate surface area is 264 Å². The Morgan fingerprint density at radius 1 is 0.957 bits per heavy atom. The van der Waals surface area contributed by atoms with Gasteiger partial charge in [0.2, 0.25) is 46.7 Å². The Balaban J connectivity index is 1.37. The molecule has 3 atom stereocenters. The standard InChI is InChI=1S/C30H22F8NO6PS/c1-14(28(40)43-13-15-11-30(37,38)12-15)39-46(42,45-18-5-3-2-4-6-18)27(36)16-7-8-19-17(9-16)10-20(47-19)29(41)44-26-24(34)22(32)21(31)23(33)25(26)35/h2-10,14-15,27H,11-13H2,1H3,(H,39,42)/t14-,27+,46?/m0/s1. The van der Waals surface area contributed by atoms with Crippen molar-refractivity contribution in [3.8, 4) is 11.5 Å². The van der Waals surface area contributed by atoms with Crippen LogP contribution in [0, 0.1) is 35.0 Å². The van der Waals surface area contributed by atoms with Crippen LogP contribution in [0.25, 0.3) is 10.1 Å². The van der Waals surface area contributed by atoms with E-state index in [1.54, 1.807) is 6.07 Å². The highest BCUT2D eigenvalue weighted by Gasteiger charge is 2.46. The Morgan fingerprint density at radius 3 is 2.19 bits per heavy atom. The first kappa shape index (κ1) is 34.3. The van der Waals surface area contributed by atoms with Gasteiger partial charge in [-0.25, -0.2) is 36.2 Å². The zero-order valence-corrected chi connectivity index (χ0v) is 25.6. The monoisotopic (exact) mass is 707 g/mol. The molecule has 1 unspecified atom stereocenters. The molecular formula is C30H22F8NO6PS. The summed E-state index contributed by atoms with van der Waals surface area (Å²) in [5, 5.41) is 2.48. The average Bonchev–Trinajstić information content (AvgIpc) is 3.46. The van der Waals surface area contributed by atoms with Gasteiger partial charge in [-0.3, -0.25) is 9.36 Å². The number of esters is 2. The average molecular weight is 708 g/mol. The second-order valence-electron chi connectivity index (χ2n) is 10.6. The quantitative estimate of drug-likeness (QED) is 0.0417. The normalized spacial score (nSPS) is 17.0. The molecule has 7 nitrogen and oxygen atoms in total. The number of fused-ring (bicyclic) bond motifs is 1. The molecular weight excluding hydrogens is 685 g/mol. The molecule has 1 N–H and O–H groups in total. The van der Waals surface area contributed by atoms with Crippen molar-refractivity contribution in [3.63, 3.8) is 0 Å². The number of hydrogen-bond donors (Lipinski definition) is 1. The van der Waals surface area contributed by atoms with Gasteiger partial charge in [-0.2, -0.15) is 8.78 Å². The summed E-state index contributed by atoms with van der Waals surface area (Å²) < 4.78 is 140. The molecule has 1 aliphatic rings. The number of carbonyl (C=O) groups is 2. The maximum absolute atomic E-state index is 16.2. The van der Waals surface area contributed by atoms with Crippen LogP contribution in [0.2, 0.25) is 0 Å². The summed E-state index contributed by atoms with van der Waals surface area (Å²) in [5.41, 5.74) is -0.265. The van der Waals surface area contributed by atoms with Crippen molar-refractivity contribution < 1.29 is 63.3 Å². The van der Waals surface area contributed by atoms with Gasteiger partial charge in [-0.1, -0.05) is 24.3 Å². The van der Waals surface area contributed by atoms with Gasteiger partial charge >= 0.3 is 19.5 Å². The number of carbonyl (C=O) groups excluding carboxylic acids is 2. The van der Waals surface area contributed by atoms with Crippen LogP contribution in [-0.4, -0.2) is 30.5 Å². The molecule has 1 heterocycles. The first-order chi connectivity index (χ1) is 22.1. The van der Waals surface area contributed by atoms with Gasteiger partial charge in [-0.15, -0.1) is 11.3 Å². The summed E-state index contributed by atoms with van der Waals surface area (Å²) in [5.74, 6) is -21.9. The van der Waals surface area contributed by atoms with E-state index in [1.165, 1.54) is 43.3 Å². The van der Waals surface area contributed by atoms with E-state index in [-0.39, 0.29) is 32.9 Å². The number of benzene rings is 3. The Morgan fingerprint density at radius 2 is 1.57 bits per heavy atom. The summed E-state index contributed by atoms with van der Waals surface area (Å²) in [6.07, 6.45) is -0.905. The Kier molecular flexibility index (Phi) is 9.67. The third-order valence-electron chi connectivity index (χ3n) is 7.03. The topological polar surface area (TPSA) is 90.9 Å².